The second-order valence-electron chi connectivity index (χ2n) is 4.32. The van der Waals surface area contributed by atoms with Crippen LogP contribution in [0, 0.1) is 0 Å². The van der Waals surface area contributed by atoms with Crippen molar-refractivity contribution in [2.24, 2.45) is 0 Å². The fourth-order valence-electron chi connectivity index (χ4n) is 1.97. The molecule has 0 fully saturated rings. The van der Waals surface area contributed by atoms with Gasteiger partial charge in [-0.2, -0.15) is 8.42 Å². The van der Waals surface area contributed by atoms with Crippen LogP contribution in [-0.4, -0.2) is 23.2 Å². The number of benzene rings is 2. The molecule has 8 heteroatoms. The lowest BCUT2D eigenvalue weighted by Gasteiger charge is -2.23. The maximum atomic E-state index is 11.1. The van der Waals surface area contributed by atoms with E-state index in [1.54, 1.807) is 0 Å². The zero-order valence-electron chi connectivity index (χ0n) is 9.95. The van der Waals surface area contributed by atoms with Crippen LogP contribution in [0.1, 0.15) is 0 Å². The van der Waals surface area contributed by atoms with Gasteiger partial charge >= 0.3 is 0 Å². The van der Waals surface area contributed by atoms with Gasteiger partial charge in [-0.15, -0.1) is 0 Å². The number of aromatic hydroxyl groups is 2. The van der Waals surface area contributed by atoms with Gasteiger partial charge in [-0.05, 0) is 18.2 Å². The lowest BCUT2D eigenvalue weighted by molar-refractivity contribution is 0.404. The molecular weight excluding hydrogens is 284 g/mol. The normalized spacial score (nSPS) is 12.8. The second-order valence-corrected chi connectivity index (χ2v) is 5.74. The van der Waals surface area contributed by atoms with E-state index in [9.17, 15) is 18.6 Å². The molecule has 0 spiro atoms. The number of fused-ring (bicyclic) bond motifs is 2. The van der Waals surface area contributed by atoms with E-state index in [-0.39, 0.29) is 16.4 Å². The minimum Gasteiger partial charge on any atom is -0.504 e. The number of hydrogen-bond acceptors (Lipinski definition) is 6. The van der Waals surface area contributed by atoms with E-state index in [0.29, 0.717) is 22.7 Å². The molecule has 0 aliphatic carbocycles. The van der Waals surface area contributed by atoms with Gasteiger partial charge in [0, 0.05) is 12.1 Å². The average Bonchev–Trinajstić information content (AvgIpc) is 2.36. The molecule has 0 aromatic heterocycles. The van der Waals surface area contributed by atoms with Gasteiger partial charge in [0.05, 0.1) is 27.6 Å². The summed E-state index contributed by atoms with van der Waals surface area (Å²) in [4.78, 5) is -0.239. The Balaban J connectivity index is 2.09. The van der Waals surface area contributed by atoms with Crippen LogP contribution in [0.25, 0.3) is 0 Å². The van der Waals surface area contributed by atoms with Crippen molar-refractivity contribution in [3.63, 3.8) is 0 Å². The highest BCUT2D eigenvalue weighted by molar-refractivity contribution is 7.85. The summed E-state index contributed by atoms with van der Waals surface area (Å²) in [5, 5.41) is 24.8. The van der Waals surface area contributed by atoms with Gasteiger partial charge in [-0.1, -0.05) is 0 Å². The van der Waals surface area contributed by atoms with Crippen molar-refractivity contribution in [2.45, 2.75) is 4.90 Å². The van der Waals surface area contributed by atoms with E-state index < -0.39 is 10.1 Å². The first-order chi connectivity index (χ1) is 9.34. The molecule has 0 saturated heterocycles. The van der Waals surface area contributed by atoms with Gasteiger partial charge in [0.25, 0.3) is 10.1 Å². The van der Waals surface area contributed by atoms with Crippen molar-refractivity contribution >= 4 is 32.9 Å². The first kappa shape index (κ1) is 12.6. The highest BCUT2D eigenvalue weighted by atomic mass is 32.2. The lowest BCUT2D eigenvalue weighted by Crippen LogP contribution is -2.08. The summed E-state index contributed by atoms with van der Waals surface area (Å²) in [6.07, 6.45) is 0. The fourth-order valence-corrected chi connectivity index (χ4v) is 2.48. The van der Waals surface area contributed by atoms with Crippen molar-refractivity contribution in [1.29, 1.82) is 0 Å². The molecule has 3 rings (SSSR count). The molecule has 0 unspecified atom stereocenters. The smallest absolute Gasteiger partial charge is 0.294 e. The van der Waals surface area contributed by atoms with Gasteiger partial charge in [0.15, 0.2) is 11.5 Å². The molecule has 0 amide bonds. The van der Waals surface area contributed by atoms with Gasteiger partial charge in [-0.25, -0.2) is 0 Å². The number of hydrogen-bond donors (Lipinski definition) is 5. The molecule has 0 radical (unpaired) electrons. The van der Waals surface area contributed by atoms with E-state index >= 15 is 0 Å². The van der Waals surface area contributed by atoms with E-state index in [2.05, 4.69) is 10.6 Å². The third kappa shape index (κ3) is 2.00. The number of anilines is 4. The monoisotopic (exact) mass is 294 g/mol. The Morgan fingerprint density at radius 2 is 1.30 bits per heavy atom. The molecule has 1 heterocycles. The Labute approximate surface area is 114 Å². The van der Waals surface area contributed by atoms with Crippen LogP contribution < -0.4 is 10.6 Å². The van der Waals surface area contributed by atoms with Crippen molar-refractivity contribution in [3.8, 4) is 11.5 Å². The fraction of sp³-hybridized carbons (Fsp3) is 0. The van der Waals surface area contributed by atoms with E-state index in [4.69, 9.17) is 4.55 Å². The van der Waals surface area contributed by atoms with Crippen molar-refractivity contribution < 1.29 is 23.2 Å². The number of phenols is 2. The van der Waals surface area contributed by atoms with E-state index in [1.807, 2.05) is 0 Å². The molecule has 5 N–H and O–H groups in total. The summed E-state index contributed by atoms with van der Waals surface area (Å²) >= 11 is 0. The third-order valence-corrected chi connectivity index (χ3v) is 3.79. The molecular formula is C12H10N2O5S. The minimum absolute atomic E-state index is 0.239. The van der Waals surface area contributed by atoms with Gasteiger partial charge in [0.1, 0.15) is 0 Å². The van der Waals surface area contributed by atoms with Crippen LogP contribution >= 0.6 is 0 Å². The molecule has 7 nitrogen and oxygen atoms in total. The standard InChI is InChI=1S/C12H10N2O5S/c15-11-4-9-10(5-12(11)16)14-8-3-6(20(17,18)19)1-2-7(8)13-9/h1-5,13-16H,(H,17,18,19). The minimum atomic E-state index is -4.29. The summed E-state index contributed by atoms with van der Waals surface area (Å²) in [6.45, 7) is 0. The molecule has 0 atom stereocenters. The summed E-state index contributed by atoms with van der Waals surface area (Å²) in [5.41, 5.74) is 2.01. The Morgan fingerprint density at radius 1 is 0.800 bits per heavy atom. The highest BCUT2D eigenvalue weighted by Crippen LogP contribution is 2.43. The van der Waals surface area contributed by atoms with Crippen LogP contribution in [0.4, 0.5) is 22.7 Å². The van der Waals surface area contributed by atoms with Gasteiger partial charge in [0.2, 0.25) is 0 Å². The van der Waals surface area contributed by atoms with Gasteiger partial charge in [-0.3, -0.25) is 4.55 Å². The number of nitrogens with one attached hydrogen (secondary N) is 2. The predicted molar refractivity (Wildman–Crippen MR) is 72.6 cm³/mol. The quantitative estimate of drug-likeness (QED) is 0.265. The van der Waals surface area contributed by atoms with Gasteiger partial charge < -0.3 is 20.8 Å². The molecule has 1 aliphatic heterocycles. The molecule has 20 heavy (non-hydrogen) atoms. The van der Waals surface area contributed by atoms with Crippen LogP contribution in [0.3, 0.4) is 0 Å². The molecule has 2 aromatic rings. The summed E-state index contributed by atoms with van der Waals surface area (Å²) in [7, 11) is -4.29. The summed E-state index contributed by atoms with van der Waals surface area (Å²) in [6, 6.07) is 6.66. The zero-order chi connectivity index (χ0) is 14.5. The van der Waals surface area contributed by atoms with Crippen LogP contribution in [0.2, 0.25) is 0 Å². The summed E-state index contributed by atoms with van der Waals surface area (Å²) in [5.74, 6) is -0.566. The molecule has 0 saturated carbocycles. The maximum Gasteiger partial charge on any atom is 0.294 e. The Morgan fingerprint density at radius 3 is 1.85 bits per heavy atom. The first-order valence-electron chi connectivity index (χ1n) is 5.56. The van der Waals surface area contributed by atoms with E-state index in [0.717, 1.165) is 0 Å². The SMILES string of the molecule is O=S(=O)(O)c1ccc2c(c1)Nc1cc(O)c(O)cc1N2. The summed E-state index contributed by atoms with van der Waals surface area (Å²) < 4.78 is 31.2. The largest absolute Gasteiger partial charge is 0.504 e. The Bertz CT molecular complexity index is 817. The van der Waals surface area contributed by atoms with Crippen LogP contribution in [0.15, 0.2) is 35.2 Å². The first-order valence-corrected chi connectivity index (χ1v) is 7.00. The van der Waals surface area contributed by atoms with Crippen molar-refractivity contribution in [1.82, 2.24) is 0 Å². The number of phenolic OH excluding ortho intramolecular Hbond substituents is 2. The Kier molecular flexibility index (Phi) is 2.53. The van der Waals surface area contributed by atoms with Crippen LogP contribution in [0.5, 0.6) is 11.5 Å². The lowest BCUT2D eigenvalue weighted by atomic mass is 10.1. The second kappa shape index (κ2) is 4.02. The van der Waals surface area contributed by atoms with Crippen LogP contribution in [-0.2, 0) is 10.1 Å². The average molecular weight is 294 g/mol. The number of rotatable bonds is 1. The topological polar surface area (TPSA) is 119 Å². The van der Waals surface area contributed by atoms with E-state index in [1.165, 1.54) is 30.3 Å². The Hall–Kier alpha value is -2.45. The molecule has 1 aliphatic rings. The van der Waals surface area contributed by atoms with Crippen molar-refractivity contribution in [3.05, 3.63) is 30.3 Å². The molecule has 0 bridgehead atoms. The highest BCUT2D eigenvalue weighted by Gasteiger charge is 2.19. The molecule has 2 aromatic carbocycles. The molecule has 104 valence electrons. The maximum absolute atomic E-state index is 11.1. The predicted octanol–water partition coefficient (Wildman–Crippen LogP) is 2.15. The zero-order valence-corrected chi connectivity index (χ0v) is 10.8. The van der Waals surface area contributed by atoms with Crippen molar-refractivity contribution in [2.75, 3.05) is 10.6 Å². The third-order valence-electron chi connectivity index (χ3n) is 2.94.